The van der Waals surface area contributed by atoms with Crippen molar-refractivity contribution in [3.8, 4) is 0 Å². The SMILES string of the molecule is O[C@@H]1[C@@H](O)[C@H](O)C[C@H](O)[C@@H]1O. The standard InChI is InChI=1S/C6H12O5/c7-2-1-3(8)5(10)6(11)4(2)9/h2-11H,1H2/t2-,3+,4-,5-,6-/m0/s1. The van der Waals surface area contributed by atoms with Gasteiger partial charge in [0, 0.05) is 6.42 Å². The summed E-state index contributed by atoms with van der Waals surface area (Å²) >= 11 is 0. The van der Waals surface area contributed by atoms with Crippen LogP contribution in [0.4, 0.5) is 0 Å². The highest BCUT2D eigenvalue weighted by atomic mass is 16.4. The normalized spacial score (nSPS) is 52.6. The third kappa shape index (κ3) is 1.52. The molecular weight excluding hydrogens is 152 g/mol. The summed E-state index contributed by atoms with van der Waals surface area (Å²) < 4.78 is 0. The summed E-state index contributed by atoms with van der Waals surface area (Å²) in [7, 11) is 0. The predicted octanol–water partition coefficient (Wildman–Crippen LogP) is -2.81. The molecule has 1 fully saturated rings. The van der Waals surface area contributed by atoms with E-state index in [9.17, 15) is 0 Å². The van der Waals surface area contributed by atoms with Crippen LogP contribution < -0.4 is 0 Å². The molecular formula is C6H12O5. The lowest BCUT2D eigenvalue weighted by Gasteiger charge is -2.35. The number of hydrogen-bond donors (Lipinski definition) is 5. The minimum absolute atomic E-state index is 0.112. The fourth-order valence-corrected chi connectivity index (χ4v) is 1.18. The van der Waals surface area contributed by atoms with E-state index < -0.39 is 30.5 Å². The van der Waals surface area contributed by atoms with Gasteiger partial charge in [0.15, 0.2) is 0 Å². The van der Waals surface area contributed by atoms with Gasteiger partial charge in [0.25, 0.3) is 0 Å². The molecule has 5 heteroatoms. The first-order valence-corrected chi connectivity index (χ1v) is 3.44. The van der Waals surface area contributed by atoms with Gasteiger partial charge in [0.05, 0.1) is 12.2 Å². The number of aliphatic hydroxyl groups is 5. The molecule has 0 unspecified atom stereocenters. The van der Waals surface area contributed by atoms with Crippen molar-refractivity contribution in [3.05, 3.63) is 0 Å². The van der Waals surface area contributed by atoms with Gasteiger partial charge in [-0.1, -0.05) is 0 Å². The second kappa shape index (κ2) is 3.04. The third-order valence-corrected chi connectivity index (χ3v) is 1.97. The van der Waals surface area contributed by atoms with Crippen LogP contribution in [0.1, 0.15) is 6.42 Å². The fraction of sp³-hybridized carbons (Fsp3) is 1.00. The van der Waals surface area contributed by atoms with Crippen LogP contribution >= 0.6 is 0 Å². The third-order valence-electron chi connectivity index (χ3n) is 1.97. The smallest absolute Gasteiger partial charge is 0.111 e. The quantitative estimate of drug-likeness (QED) is 0.266. The highest BCUT2D eigenvalue weighted by Crippen LogP contribution is 2.20. The van der Waals surface area contributed by atoms with E-state index in [2.05, 4.69) is 0 Å². The summed E-state index contributed by atoms with van der Waals surface area (Å²) in [4.78, 5) is 0. The summed E-state index contributed by atoms with van der Waals surface area (Å²) in [5, 5.41) is 44.8. The topological polar surface area (TPSA) is 101 Å². The monoisotopic (exact) mass is 164 g/mol. The lowest BCUT2D eigenvalue weighted by atomic mass is 9.87. The Morgan fingerprint density at radius 1 is 0.636 bits per heavy atom. The molecule has 66 valence electrons. The molecule has 0 aromatic carbocycles. The molecule has 5 N–H and O–H groups in total. The van der Waals surface area contributed by atoms with Crippen LogP contribution in [0.2, 0.25) is 0 Å². The Kier molecular flexibility index (Phi) is 2.46. The molecule has 5 atom stereocenters. The zero-order valence-electron chi connectivity index (χ0n) is 5.83. The minimum Gasteiger partial charge on any atom is -0.390 e. The lowest BCUT2D eigenvalue weighted by molar-refractivity contribution is -0.176. The molecule has 1 aliphatic rings. The van der Waals surface area contributed by atoms with Gasteiger partial charge in [-0.15, -0.1) is 0 Å². The van der Waals surface area contributed by atoms with E-state index in [0.717, 1.165) is 0 Å². The first kappa shape index (κ1) is 8.89. The molecule has 5 nitrogen and oxygen atoms in total. The van der Waals surface area contributed by atoms with E-state index in [1.807, 2.05) is 0 Å². The van der Waals surface area contributed by atoms with Gasteiger partial charge in [-0.05, 0) is 0 Å². The van der Waals surface area contributed by atoms with Gasteiger partial charge in [0.1, 0.15) is 18.3 Å². The summed E-state index contributed by atoms with van der Waals surface area (Å²) in [5.41, 5.74) is 0. The average molecular weight is 164 g/mol. The number of aliphatic hydroxyl groups excluding tert-OH is 5. The van der Waals surface area contributed by atoms with E-state index in [0.29, 0.717) is 0 Å². The fourth-order valence-electron chi connectivity index (χ4n) is 1.18. The molecule has 0 aromatic rings. The van der Waals surface area contributed by atoms with Gasteiger partial charge in [0.2, 0.25) is 0 Å². The van der Waals surface area contributed by atoms with Crippen molar-refractivity contribution in [1.29, 1.82) is 0 Å². The highest BCUT2D eigenvalue weighted by Gasteiger charge is 2.40. The Bertz CT molecular complexity index is 125. The summed E-state index contributed by atoms with van der Waals surface area (Å²) in [6.45, 7) is 0. The van der Waals surface area contributed by atoms with Crippen LogP contribution in [-0.4, -0.2) is 56.1 Å². The first-order chi connectivity index (χ1) is 5.04. The van der Waals surface area contributed by atoms with Gasteiger partial charge >= 0.3 is 0 Å². The largest absolute Gasteiger partial charge is 0.390 e. The molecule has 0 aromatic heterocycles. The molecule has 0 bridgehead atoms. The van der Waals surface area contributed by atoms with Crippen LogP contribution in [0.5, 0.6) is 0 Å². The van der Waals surface area contributed by atoms with E-state index in [4.69, 9.17) is 25.5 Å². The summed E-state index contributed by atoms with van der Waals surface area (Å²) in [5.74, 6) is 0. The van der Waals surface area contributed by atoms with E-state index in [1.54, 1.807) is 0 Å². The summed E-state index contributed by atoms with van der Waals surface area (Å²) in [6, 6.07) is 0. The Morgan fingerprint density at radius 2 is 1.00 bits per heavy atom. The van der Waals surface area contributed by atoms with Crippen LogP contribution in [-0.2, 0) is 0 Å². The maximum absolute atomic E-state index is 8.97. The number of hydrogen-bond acceptors (Lipinski definition) is 5. The van der Waals surface area contributed by atoms with Crippen molar-refractivity contribution < 1.29 is 25.5 Å². The average Bonchev–Trinajstić information content (AvgIpc) is 1.97. The van der Waals surface area contributed by atoms with Gasteiger partial charge < -0.3 is 25.5 Å². The Balaban J connectivity index is 2.63. The molecule has 11 heavy (non-hydrogen) atoms. The molecule has 1 saturated carbocycles. The van der Waals surface area contributed by atoms with E-state index in [-0.39, 0.29) is 6.42 Å². The van der Waals surface area contributed by atoms with Crippen LogP contribution in [0.15, 0.2) is 0 Å². The molecule has 0 aliphatic heterocycles. The van der Waals surface area contributed by atoms with Crippen LogP contribution in [0, 0.1) is 0 Å². The molecule has 0 radical (unpaired) electrons. The maximum atomic E-state index is 8.97. The van der Waals surface area contributed by atoms with E-state index >= 15 is 0 Å². The molecule has 0 amide bonds. The first-order valence-electron chi connectivity index (χ1n) is 3.44. The Morgan fingerprint density at radius 3 is 1.36 bits per heavy atom. The van der Waals surface area contributed by atoms with E-state index in [1.165, 1.54) is 0 Å². The van der Waals surface area contributed by atoms with Crippen LogP contribution in [0.3, 0.4) is 0 Å². The second-order valence-electron chi connectivity index (χ2n) is 2.84. The molecule has 1 aliphatic carbocycles. The zero-order valence-corrected chi connectivity index (χ0v) is 5.83. The lowest BCUT2D eigenvalue weighted by Crippen LogP contribution is -2.55. The van der Waals surface area contributed by atoms with Crippen molar-refractivity contribution in [2.24, 2.45) is 0 Å². The molecule has 1 rings (SSSR count). The predicted molar refractivity (Wildman–Crippen MR) is 34.7 cm³/mol. The van der Waals surface area contributed by atoms with Gasteiger partial charge in [-0.25, -0.2) is 0 Å². The Labute approximate surface area is 63.5 Å². The zero-order chi connectivity index (χ0) is 8.59. The molecule has 0 spiro atoms. The van der Waals surface area contributed by atoms with Gasteiger partial charge in [-0.2, -0.15) is 0 Å². The van der Waals surface area contributed by atoms with Crippen molar-refractivity contribution in [2.45, 2.75) is 36.9 Å². The molecule has 0 saturated heterocycles. The molecule has 0 heterocycles. The van der Waals surface area contributed by atoms with Crippen molar-refractivity contribution in [1.82, 2.24) is 0 Å². The van der Waals surface area contributed by atoms with Crippen molar-refractivity contribution in [3.63, 3.8) is 0 Å². The van der Waals surface area contributed by atoms with Crippen molar-refractivity contribution in [2.75, 3.05) is 0 Å². The van der Waals surface area contributed by atoms with Gasteiger partial charge in [-0.3, -0.25) is 0 Å². The Hall–Kier alpha value is -0.200. The number of rotatable bonds is 0. The minimum atomic E-state index is -1.46. The maximum Gasteiger partial charge on any atom is 0.111 e. The summed E-state index contributed by atoms with van der Waals surface area (Å²) in [6.07, 6.45) is -6.64. The van der Waals surface area contributed by atoms with Crippen molar-refractivity contribution >= 4 is 0 Å². The highest BCUT2D eigenvalue weighted by molar-refractivity contribution is 4.92. The second-order valence-corrected chi connectivity index (χ2v) is 2.84. The van der Waals surface area contributed by atoms with Crippen LogP contribution in [0.25, 0.3) is 0 Å².